The second-order valence-corrected chi connectivity index (χ2v) is 10.5. The van der Waals surface area contributed by atoms with Crippen molar-refractivity contribution in [2.24, 2.45) is 34.5 Å². The Hall–Kier alpha value is -1.23. The molecule has 1 N–H and O–H groups in total. The van der Waals surface area contributed by atoms with Crippen LogP contribution in [0.2, 0.25) is 0 Å². The predicted octanol–water partition coefficient (Wildman–Crippen LogP) is 3.46. The largest absolute Gasteiger partial charge is 0.458 e. The summed E-state index contributed by atoms with van der Waals surface area (Å²) >= 11 is 0. The SMILES string of the molecule is CC(=O)OCC(=O)[C@@]1(O)CC[C@@H]2[C@@H]3CC[C@H]4CC(=O)CC[C@]4(C)[C@H]3CC[C@@]21C. The number of carbonyl (C=O) groups is 3. The molecule has 0 amide bonds. The molecule has 4 aliphatic rings. The zero-order valence-corrected chi connectivity index (χ0v) is 17.5. The number of ether oxygens (including phenoxy) is 1. The van der Waals surface area contributed by atoms with Crippen LogP contribution in [-0.2, 0) is 19.1 Å². The Morgan fingerprint density at radius 2 is 1.79 bits per heavy atom. The lowest BCUT2D eigenvalue weighted by molar-refractivity contribution is -0.175. The van der Waals surface area contributed by atoms with Gasteiger partial charge in [0.05, 0.1) is 0 Å². The highest BCUT2D eigenvalue weighted by atomic mass is 16.5. The molecule has 0 unspecified atom stereocenters. The summed E-state index contributed by atoms with van der Waals surface area (Å²) in [7, 11) is 0. The quantitative estimate of drug-likeness (QED) is 0.747. The highest BCUT2D eigenvalue weighted by Crippen LogP contribution is 2.68. The monoisotopic (exact) mass is 390 g/mol. The lowest BCUT2D eigenvalue weighted by Crippen LogP contribution is -2.59. The maximum atomic E-state index is 12.9. The highest BCUT2D eigenvalue weighted by molar-refractivity contribution is 5.91. The van der Waals surface area contributed by atoms with Crippen molar-refractivity contribution in [2.75, 3.05) is 6.61 Å². The zero-order valence-electron chi connectivity index (χ0n) is 17.5. The van der Waals surface area contributed by atoms with Crippen LogP contribution in [0.15, 0.2) is 0 Å². The lowest BCUT2D eigenvalue weighted by Gasteiger charge is -2.60. The number of ketones is 2. The van der Waals surface area contributed by atoms with Crippen LogP contribution < -0.4 is 0 Å². The van der Waals surface area contributed by atoms with Crippen LogP contribution in [0.5, 0.6) is 0 Å². The van der Waals surface area contributed by atoms with E-state index in [0.29, 0.717) is 42.3 Å². The second-order valence-electron chi connectivity index (χ2n) is 10.5. The number of hydrogen-bond donors (Lipinski definition) is 1. The molecule has 0 spiro atoms. The number of rotatable bonds is 3. The summed E-state index contributed by atoms with van der Waals surface area (Å²) in [4.78, 5) is 36.0. The van der Waals surface area contributed by atoms with Gasteiger partial charge in [0, 0.05) is 25.2 Å². The first kappa shape index (κ1) is 20.1. The van der Waals surface area contributed by atoms with E-state index in [2.05, 4.69) is 13.8 Å². The van der Waals surface area contributed by atoms with Crippen LogP contribution in [0.3, 0.4) is 0 Å². The van der Waals surface area contributed by atoms with Gasteiger partial charge < -0.3 is 9.84 Å². The summed E-state index contributed by atoms with van der Waals surface area (Å²) in [6.45, 7) is 5.45. The fourth-order valence-corrected chi connectivity index (χ4v) is 7.81. The molecule has 0 aliphatic heterocycles. The van der Waals surface area contributed by atoms with E-state index in [1.165, 1.54) is 6.92 Å². The molecule has 0 bridgehead atoms. The average molecular weight is 391 g/mol. The Balaban J connectivity index is 1.57. The van der Waals surface area contributed by atoms with E-state index in [1.54, 1.807) is 0 Å². The molecule has 0 saturated heterocycles. The average Bonchev–Trinajstić information content (AvgIpc) is 2.92. The van der Waals surface area contributed by atoms with Crippen LogP contribution in [0.25, 0.3) is 0 Å². The smallest absolute Gasteiger partial charge is 0.303 e. The predicted molar refractivity (Wildman–Crippen MR) is 103 cm³/mol. The first-order chi connectivity index (χ1) is 13.1. The Kier molecular flexibility index (Phi) is 4.76. The lowest BCUT2D eigenvalue weighted by atomic mass is 9.44. The van der Waals surface area contributed by atoms with Crippen LogP contribution in [0.1, 0.15) is 78.6 Å². The van der Waals surface area contributed by atoms with Crippen LogP contribution in [0.4, 0.5) is 0 Å². The molecule has 0 aromatic heterocycles. The molecule has 0 radical (unpaired) electrons. The van der Waals surface area contributed by atoms with E-state index in [4.69, 9.17) is 4.74 Å². The van der Waals surface area contributed by atoms with Crippen LogP contribution in [0, 0.1) is 34.5 Å². The van der Waals surface area contributed by atoms with Gasteiger partial charge in [0.25, 0.3) is 0 Å². The summed E-state index contributed by atoms with van der Waals surface area (Å²) in [5.74, 6) is 1.53. The molecule has 4 saturated carbocycles. The van der Waals surface area contributed by atoms with E-state index < -0.39 is 17.0 Å². The van der Waals surface area contributed by atoms with Crippen molar-refractivity contribution in [3.63, 3.8) is 0 Å². The molecule has 4 fully saturated rings. The molecule has 0 heterocycles. The van der Waals surface area contributed by atoms with Gasteiger partial charge in [0.15, 0.2) is 6.61 Å². The van der Waals surface area contributed by atoms with E-state index in [0.717, 1.165) is 44.9 Å². The highest BCUT2D eigenvalue weighted by Gasteiger charge is 2.66. The van der Waals surface area contributed by atoms with Gasteiger partial charge in [-0.1, -0.05) is 13.8 Å². The van der Waals surface area contributed by atoms with Crippen LogP contribution in [-0.4, -0.2) is 34.9 Å². The topological polar surface area (TPSA) is 80.7 Å². The standard InChI is InChI=1S/C23H34O5/c1-14(24)28-13-20(26)23(27)11-8-19-17-5-4-15-12-16(25)6-9-21(15,2)18(17)7-10-22(19,23)3/h15,17-19,27H,4-13H2,1-3H3/t15-,17+,18-,19+,21-,22-,23-/m0/s1. The number of esters is 1. The van der Waals surface area contributed by atoms with E-state index in [-0.39, 0.29) is 17.8 Å². The van der Waals surface area contributed by atoms with Gasteiger partial charge in [-0.3, -0.25) is 14.4 Å². The molecule has 7 atom stereocenters. The molecule has 28 heavy (non-hydrogen) atoms. The minimum Gasteiger partial charge on any atom is -0.458 e. The number of carbonyl (C=O) groups excluding carboxylic acids is 3. The van der Waals surface area contributed by atoms with Crippen molar-refractivity contribution in [1.82, 2.24) is 0 Å². The van der Waals surface area contributed by atoms with Crippen LogP contribution >= 0.6 is 0 Å². The van der Waals surface area contributed by atoms with Gasteiger partial charge in [-0.05, 0) is 74.0 Å². The number of aliphatic hydroxyl groups is 1. The van der Waals surface area contributed by atoms with Crippen molar-refractivity contribution < 1.29 is 24.2 Å². The third-order valence-corrected chi connectivity index (χ3v) is 9.50. The minimum atomic E-state index is -1.39. The van der Waals surface area contributed by atoms with Crippen molar-refractivity contribution in [3.05, 3.63) is 0 Å². The van der Waals surface area contributed by atoms with Gasteiger partial charge in [-0.25, -0.2) is 0 Å². The summed E-state index contributed by atoms with van der Waals surface area (Å²) in [5, 5.41) is 11.5. The Bertz CT molecular complexity index is 701. The maximum absolute atomic E-state index is 12.9. The minimum absolute atomic E-state index is 0.223. The number of Topliss-reactive ketones (excluding diaryl/α,β-unsaturated/α-hetero) is 2. The van der Waals surface area contributed by atoms with Gasteiger partial charge in [0.1, 0.15) is 11.4 Å². The molecule has 5 nitrogen and oxygen atoms in total. The molecule has 4 rings (SSSR count). The van der Waals surface area contributed by atoms with Crippen molar-refractivity contribution in [2.45, 2.75) is 84.2 Å². The molecule has 0 aromatic rings. The van der Waals surface area contributed by atoms with E-state index in [9.17, 15) is 19.5 Å². The Labute approximate surface area is 167 Å². The Morgan fingerprint density at radius 3 is 2.50 bits per heavy atom. The van der Waals surface area contributed by atoms with Gasteiger partial charge in [-0.15, -0.1) is 0 Å². The van der Waals surface area contributed by atoms with Gasteiger partial charge in [-0.2, -0.15) is 0 Å². The Morgan fingerprint density at radius 1 is 1.07 bits per heavy atom. The summed E-state index contributed by atoms with van der Waals surface area (Å²) in [5.41, 5.74) is -1.61. The molecule has 5 heteroatoms. The van der Waals surface area contributed by atoms with Crippen molar-refractivity contribution in [3.8, 4) is 0 Å². The first-order valence-electron chi connectivity index (χ1n) is 11.0. The third kappa shape index (κ3) is 2.72. The van der Waals surface area contributed by atoms with Gasteiger partial charge >= 0.3 is 5.97 Å². The third-order valence-electron chi connectivity index (χ3n) is 9.50. The fourth-order valence-electron chi connectivity index (χ4n) is 7.81. The van der Waals surface area contributed by atoms with Crippen molar-refractivity contribution >= 4 is 17.5 Å². The second kappa shape index (κ2) is 6.65. The summed E-state index contributed by atoms with van der Waals surface area (Å²) < 4.78 is 4.93. The molecule has 156 valence electrons. The van der Waals surface area contributed by atoms with Crippen molar-refractivity contribution in [1.29, 1.82) is 0 Å². The van der Waals surface area contributed by atoms with E-state index >= 15 is 0 Å². The molecular formula is C23H34O5. The summed E-state index contributed by atoms with van der Waals surface area (Å²) in [6, 6.07) is 0. The molecule has 0 aromatic carbocycles. The maximum Gasteiger partial charge on any atom is 0.303 e. The first-order valence-corrected chi connectivity index (χ1v) is 11.0. The summed E-state index contributed by atoms with van der Waals surface area (Å²) in [6.07, 6.45) is 7.82. The fraction of sp³-hybridized carbons (Fsp3) is 0.870. The molecular weight excluding hydrogens is 356 g/mol. The van der Waals surface area contributed by atoms with Gasteiger partial charge in [0.2, 0.25) is 5.78 Å². The normalized spacial score (nSPS) is 47.6. The van der Waals surface area contributed by atoms with E-state index in [1.807, 2.05) is 0 Å². The molecule has 4 aliphatic carbocycles. The zero-order chi connectivity index (χ0) is 20.3. The number of hydrogen-bond acceptors (Lipinski definition) is 5. The number of fused-ring (bicyclic) bond motifs is 5.